The summed E-state index contributed by atoms with van der Waals surface area (Å²) in [5.41, 5.74) is 4.94. The largest absolute Gasteiger partial charge is 0.433 e. The van der Waals surface area contributed by atoms with E-state index in [0.717, 1.165) is 12.3 Å². The molecule has 3 N–H and O–H groups in total. The molecular formula is C11H16F3N3O2. The van der Waals surface area contributed by atoms with Crippen molar-refractivity contribution in [3.8, 4) is 0 Å². The van der Waals surface area contributed by atoms with Gasteiger partial charge >= 0.3 is 6.18 Å². The number of methoxy groups -OCH3 is 1. The number of aliphatic hydroxyl groups excluding tert-OH is 1. The monoisotopic (exact) mass is 279 g/mol. The molecule has 0 saturated carbocycles. The van der Waals surface area contributed by atoms with Crippen molar-refractivity contribution in [3.63, 3.8) is 0 Å². The van der Waals surface area contributed by atoms with Crippen LogP contribution in [-0.2, 0) is 10.9 Å². The van der Waals surface area contributed by atoms with Gasteiger partial charge in [0, 0.05) is 20.2 Å². The van der Waals surface area contributed by atoms with Crippen LogP contribution < -0.4 is 10.6 Å². The average molecular weight is 279 g/mol. The quantitative estimate of drug-likeness (QED) is 0.816. The lowest BCUT2D eigenvalue weighted by atomic mass is 10.2. The van der Waals surface area contributed by atoms with Gasteiger partial charge in [0.25, 0.3) is 0 Å². The van der Waals surface area contributed by atoms with Crippen molar-refractivity contribution < 1.29 is 23.0 Å². The fourth-order valence-electron chi connectivity index (χ4n) is 1.56. The minimum absolute atomic E-state index is 0.123. The van der Waals surface area contributed by atoms with Crippen LogP contribution in [0.4, 0.5) is 24.5 Å². The molecular weight excluding hydrogens is 263 g/mol. The summed E-state index contributed by atoms with van der Waals surface area (Å²) in [7, 11) is 1.48. The molecule has 1 aromatic rings. The molecule has 0 radical (unpaired) electrons. The molecule has 1 rings (SSSR count). The van der Waals surface area contributed by atoms with Crippen molar-refractivity contribution in [2.45, 2.75) is 6.18 Å². The van der Waals surface area contributed by atoms with E-state index in [2.05, 4.69) is 4.98 Å². The van der Waals surface area contributed by atoms with Crippen LogP contribution in [0.5, 0.6) is 0 Å². The summed E-state index contributed by atoms with van der Waals surface area (Å²) in [5, 5.41) is 8.96. The maximum absolute atomic E-state index is 12.6. The summed E-state index contributed by atoms with van der Waals surface area (Å²) in [5.74, 6) is 0. The first-order valence-corrected chi connectivity index (χ1v) is 5.57. The lowest BCUT2D eigenvalue weighted by molar-refractivity contribution is -0.141. The Bertz CT molecular complexity index is 413. The molecule has 0 saturated heterocycles. The van der Waals surface area contributed by atoms with Gasteiger partial charge < -0.3 is 20.5 Å². The van der Waals surface area contributed by atoms with Gasteiger partial charge in [0.1, 0.15) is 5.69 Å². The van der Waals surface area contributed by atoms with E-state index in [4.69, 9.17) is 15.6 Å². The highest BCUT2D eigenvalue weighted by molar-refractivity contribution is 5.67. The summed E-state index contributed by atoms with van der Waals surface area (Å²) in [6, 6.07) is 0.876. The summed E-state index contributed by atoms with van der Waals surface area (Å²) in [6.07, 6.45) is -3.57. The van der Waals surface area contributed by atoms with Crippen LogP contribution in [0.3, 0.4) is 0 Å². The van der Waals surface area contributed by atoms with E-state index in [9.17, 15) is 13.2 Å². The highest BCUT2D eigenvalue weighted by Crippen LogP contribution is 2.32. The molecule has 8 heteroatoms. The number of nitrogens with zero attached hydrogens (tertiary/aromatic N) is 2. The number of nitrogen functional groups attached to an aromatic ring is 1. The molecule has 0 bridgehead atoms. The van der Waals surface area contributed by atoms with Gasteiger partial charge in [0.15, 0.2) is 0 Å². The fraction of sp³-hybridized carbons (Fsp3) is 0.545. The lowest BCUT2D eigenvalue weighted by Gasteiger charge is -2.25. The number of pyridine rings is 1. The van der Waals surface area contributed by atoms with E-state index in [1.165, 1.54) is 12.0 Å². The SMILES string of the molecule is COCCN(CCO)c1cc(C(F)(F)F)ncc1N. The Kier molecular flexibility index (Phi) is 5.37. The van der Waals surface area contributed by atoms with Gasteiger partial charge in [-0.15, -0.1) is 0 Å². The van der Waals surface area contributed by atoms with Crippen LogP contribution in [0.25, 0.3) is 0 Å². The van der Waals surface area contributed by atoms with Crippen LogP contribution in [0.1, 0.15) is 5.69 Å². The molecule has 0 aromatic carbocycles. The third-order valence-corrected chi connectivity index (χ3v) is 2.48. The number of aromatic nitrogens is 1. The van der Waals surface area contributed by atoms with Crippen molar-refractivity contribution in [1.29, 1.82) is 0 Å². The van der Waals surface area contributed by atoms with E-state index in [1.54, 1.807) is 0 Å². The standard InChI is InChI=1S/C11H16F3N3O2/c1-19-5-3-17(2-4-18)9-6-10(11(12,13)14)16-7-8(9)15/h6-7,18H,2-5,15H2,1H3. The van der Waals surface area contributed by atoms with Gasteiger partial charge in [0.2, 0.25) is 0 Å². The molecule has 19 heavy (non-hydrogen) atoms. The van der Waals surface area contributed by atoms with Crippen molar-refractivity contribution in [2.75, 3.05) is 44.0 Å². The van der Waals surface area contributed by atoms with Gasteiger partial charge in [0.05, 0.1) is 30.8 Å². The Balaban J connectivity index is 3.06. The first kappa shape index (κ1) is 15.5. The minimum Gasteiger partial charge on any atom is -0.396 e. The Morgan fingerprint density at radius 1 is 1.42 bits per heavy atom. The van der Waals surface area contributed by atoms with Crippen LogP contribution in [-0.4, -0.2) is 43.5 Å². The highest BCUT2D eigenvalue weighted by Gasteiger charge is 2.33. The molecule has 0 fully saturated rings. The number of ether oxygens (including phenoxy) is 1. The Hall–Kier alpha value is -1.54. The van der Waals surface area contributed by atoms with Gasteiger partial charge in [-0.1, -0.05) is 0 Å². The minimum atomic E-state index is -4.53. The molecule has 1 aromatic heterocycles. The summed E-state index contributed by atoms with van der Waals surface area (Å²) >= 11 is 0. The molecule has 5 nitrogen and oxygen atoms in total. The predicted molar refractivity (Wildman–Crippen MR) is 64.8 cm³/mol. The van der Waals surface area contributed by atoms with Crippen molar-refractivity contribution >= 4 is 11.4 Å². The number of nitrogens with two attached hydrogens (primary N) is 1. The van der Waals surface area contributed by atoms with Crippen LogP contribution >= 0.6 is 0 Å². The van der Waals surface area contributed by atoms with Gasteiger partial charge in [-0.25, -0.2) is 4.98 Å². The number of anilines is 2. The average Bonchev–Trinajstić information content (AvgIpc) is 2.34. The zero-order chi connectivity index (χ0) is 14.5. The molecule has 0 amide bonds. The molecule has 0 aliphatic rings. The third kappa shape index (κ3) is 4.25. The molecule has 0 unspecified atom stereocenters. The topological polar surface area (TPSA) is 71.6 Å². The van der Waals surface area contributed by atoms with Crippen molar-refractivity contribution in [3.05, 3.63) is 18.0 Å². The number of hydrogen-bond acceptors (Lipinski definition) is 5. The van der Waals surface area contributed by atoms with Crippen LogP contribution in [0.2, 0.25) is 0 Å². The smallest absolute Gasteiger partial charge is 0.396 e. The maximum Gasteiger partial charge on any atom is 0.433 e. The number of alkyl halides is 3. The number of rotatable bonds is 6. The first-order valence-electron chi connectivity index (χ1n) is 5.57. The normalized spacial score (nSPS) is 11.6. The van der Waals surface area contributed by atoms with E-state index in [-0.39, 0.29) is 24.5 Å². The van der Waals surface area contributed by atoms with E-state index >= 15 is 0 Å². The van der Waals surface area contributed by atoms with Gasteiger partial charge in [-0.05, 0) is 6.07 Å². The second-order valence-electron chi connectivity index (χ2n) is 3.83. The molecule has 0 aliphatic carbocycles. The van der Waals surface area contributed by atoms with Crippen molar-refractivity contribution in [1.82, 2.24) is 4.98 Å². The van der Waals surface area contributed by atoms with E-state index in [1.807, 2.05) is 0 Å². The lowest BCUT2D eigenvalue weighted by Crippen LogP contribution is -2.31. The second-order valence-corrected chi connectivity index (χ2v) is 3.83. The zero-order valence-corrected chi connectivity index (χ0v) is 10.4. The Morgan fingerprint density at radius 2 is 2.11 bits per heavy atom. The highest BCUT2D eigenvalue weighted by atomic mass is 19.4. The second kappa shape index (κ2) is 6.58. The van der Waals surface area contributed by atoms with Gasteiger partial charge in [-0.3, -0.25) is 0 Å². The fourth-order valence-corrected chi connectivity index (χ4v) is 1.56. The van der Waals surface area contributed by atoms with Crippen LogP contribution in [0.15, 0.2) is 12.3 Å². The summed E-state index contributed by atoms with van der Waals surface area (Å²) in [4.78, 5) is 4.79. The van der Waals surface area contributed by atoms with Crippen molar-refractivity contribution in [2.24, 2.45) is 0 Å². The zero-order valence-electron chi connectivity index (χ0n) is 10.4. The van der Waals surface area contributed by atoms with E-state index in [0.29, 0.717) is 13.2 Å². The Morgan fingerprint density at radius 3 is 2.63 bits per heavy atom. The molecule has 0 spiro atoms. The molecule has 0 aliphatic heterocycles. The van der Waals surface area contributed by atoms with Gasteiger partial charge in [-0.2, -0.15) is 13.2 Å². The number of aliphatic hydroxyl groups is 1. The van der Waals surface area contributed by atoms with Crippen LogP contribution in [0, 0.1) is 0 Å². The number of halogens is 3. The Labute approximate surface area is 108 Å². The predicted octanol–water partition coefficient (Wildman–Crippen LogP) is 1.13. The third-order valence-electron chi connectivity index (χ3n) is 2.48. The summed E-state index contributed by atoms with van der Waals surface area (Å²) in [6.45, 7) is 0.591. The summed E-state index contributed by atoms with van der Waals surface area (Å²) < 4.78 is 42.7. The molecule has 0 atom stereocenters. The maximum atomic E-state index is 12.6. The van der Waals surface area contributed by atoms with E-state index < -0.39 is 11.9 Å². The molecule has 108 valence electrons. The molecule has 1 heterocycles. The number of hydrogen-bond donors (Lipinski definition) is 2. The first-order chi connectivity index (χ1) is 8.90.